The number of hydrogen-bond acceptors (Lipinski definition) is 2. The van der Waals surface area contributed by atoms with Gasteiger partial charge in [0.15, 0.2) is 0 Å². The third kappa shape index (κ3) is 10.8. The van der Waals surface area contributed by atoms with Crippen molar-refractivity contribution in [2.24, 2.45) is 0 Å². The summed E-state index contributed by atoms with van der Waals surface area (Å²) in [6.45, 7) is 21.0. The summed E-state index contributed by atoms with van der Waals surface area (Å²) in [6, 6.07) is 30.8. The van der Waals surface area contributed by atoms with Gasteiger partial charge in [0.05, 0.1) is 11.4 Å². The van der Waals surface area contributed by atoms with Crippen LogP contribution in [0.25, 0.3) is 44.1 Å². The van der Waals surface area contributed by atoms with Crippen molar-refractivity contribution < 1.29 is 23.3 Å². The molecule has 48 heavy (non-hydrogen) atoms. The SMILES string of the molecule is CC(C)c1cc(-c2ccccn2)c2cc(C(C)C)[cH-]c2c1.CC(C)c1cc(-c2ccccn2)c2cc(C(C)C)[cH-]c2c1.Cl.Cl.[CH3-].[CH3-].[Si]=[Zr]. The third-order valence-electron chi connectivity index (χ3n) is 8.28. The zero-order chi connectivity index (χ0) is 32.0. The van der Waals surface area contributed by atoms with E-state index < -0.39 is 0 Å². The molecule has 0 saturated carbocycles. The van der Waals surface area contributed by atoms with Crippen molar-refractivity contribution in [1.29, 1.82) is 0 Å². The van der Waals surface area contributed by atoms with Crippen LogP contribution in [0.5, 0.6) is 0 Å². The van der Waals surface area contributed by atoms with E-state index in [1.165, 1.54) is 78.3 Å². The second-order valence-corrected chi connectivity index (χ2v) is 12.8. The van der Waals surface area contributed by atoms with Crippen LogP contribution in [-0.4, -0.2) is 16.8 Å². The molecule has 0 aliphatic rings. The van der Waals surface area contributed by atoms with Crippen LogP contribution in [0.4, 0.5) is 0 Å². The fraction of sp³-hybridized carbons (Fsp3) is 0.286. The van der Waals surface area contributed by atoms with Crippen molar-refractivity contribution in [3.05, 3.63) is 134 Å². The molecule has 0 aliphatic heterocycles. The van der Waals surface area contributed by atoms with Gasteiger partial charge in [0.25, 0.3) is 0 Å². The fourth-order valence-corrected chi connectivity index (χ4v) is 5.54. The Balaban J connectivity index is 0.000000811. The summed E-state index contributed by atoms with van der Waals surface area (Å²) in [5.74, 6) is 2.15. The average Bonchev–Trinajstić information content (AvgIpc) is 3.67. The zero-order valence-corrected chi connectivity index (χ0v) is 35.3. The van der Waals surface area contributed by atoms with Crippen molar-refractivity contribution in [2.45, 2.75) is 79.1 Å². The van der Waals surface area contributed by atoms with E-state index in [1.807, 2.05) is 24.5 Å². The molecule has 0 spiro atoms. The Kier molecular flexibility index (Phi) is 20.0. The van der Waals surface area contributed by atoms with E-state index in [0.29, 0.717) is 23.7 Å². The van der Waals surface area contributed by atoms with Gasteiger partial charge in [-0.25, -0.2) is 0 Å². The van der Waals surface area contributed by atoms with Gasteiger partial charge in [0.2, 0.25) is 0 Å². The molecule has 0 amide bonds. The molecule has 0 fully saturated rings. The number of nitrogens with zero attached hydrogens (tertiary/aromatic N) is 2. The number of benzene rings is 2. The molecule has 2 heterocycles. The van der Waals surface area contributed by atoms with Gasteiger partial charge >= 0.3 is 30.2 Å². The molecule has 6 heteroatoms. The van der Waals surface area contributed by atoms with Crippen molar-refractivity contribution in [3.8, 4) is 22.5 Å². The monoisotopic (exact) mass is 772 g/mol. The van der Waals surface area contributed by atoms with Crippen molar-refractivity contribution in [3.63, 3.8) is 0 Å². The van der Waals surface area contributed by atoms with Gasteiger partial charge in [0, 0.05) is 12.4 Å². The first kappa shape index (κ1) is 45.6. The molecule has 0 N–H and O–H groups in total. The second kappa shape index (κ2) is 21.0. The molecular formula is C42H52Cl2N2SiZr-4. The first-order valence-corrected chi connectivity index (χ1v) is 19.9. The number of aromatic nitrogens is 2. The van der Waals surface area contributed by atoms with Crippen LogP contribution >= 0.6 is 24.8 Å². The number of halogens is 2. The van der Waals surface area contributed by atoms with Crippen LogP contribution in [0.2, 0.25) is 0 Å². The number of rotatable bonds is 6. The van der Waals surface area contributed by atoms with Crippen LogP contribution in [0.15, 0.2) is 97.3 Å². The summed E-state index contributed by atoms with van der Waals surface area (Å²) in [5, 5.41) is 5.32. The van der Waals surface area contributed by atoms with Gasteiger partial charge in [0.1, 0.15) is 0 Å². The summed E-state index contributed by atoms with van der Waals surface area (Å²) in [5.41, 5.74) is 10.2. The fourth-order valence-electron chi connectivity index (χ4n) is 5.54. The average molecular weight is 775 g/mol. The molecule has 0 atom stereocenters. The van der Waals surface area contributed by atoms with E-state index in [4.69, 9.17) is 0 Å². The maximum atomic E-state index is 4.55. The molecule has 2 radical (unpaired) electrons. The Bertz CT molecular complexity index is 1670. The molecule has 2 nitrogen and oxygen atoms in total. The van der Waals surface area contributed by atoms with Gasteiger partial charge in [-0.2, -0.15) is 12.1 Å². The predicted octanol–water partition coefficient (Wildman–Crippen LogP) is 13.1. The molecule has 0 saturated heterocycles. The number of fused-ring (bicyclic) bond motifs is 2. The van der Waals surface area contributed by atoms with Crippen molar-refractivity contribution in [2.75, 3.05) is 0 Å². The molecule has 2 aromatic heterocycles. The Morgan fingerprint density at radius 3 is 1.15 bits per heavy atom. The van der Waals surface area contributed by atoms with Gasteiger partial charge in [-0.05, 0) is 59.1 Å². The van der Waals surface area contributed by atoms with Crippen LogP contribution in [-0.2, 0) is 23.3 Å². The molecule has 6 aromatic rings. The summed E-state index contributed by atoms with van der Waals surface area (Å²) in [4.78, 5) is 9.11. The number of hydrogen-bond donors (Lipinski definition) is 0. The van der Waals surface area contributed by atoms with Gasteiger partial charge < -0.3 is 14.9 Å². The van der Waals surface area contributed by atoms with Crippen LogP contribution in [0.3, 0.4) is 0 Å². The van der Waals surface area contributed by atoms with Crippen LogP contribution < -0.4 is 0 Å². The molecule has 256 valence electrons. The first-order chi connectivity index (χ1) is 21.1. The van der Waals surface area contributed by atoms with E-state index in [-0.39, 0.29) is 39.7 Å². The van der Waals surface area contributed by atoms with Crippen molar-refractivity contribution >= 4 is 53.2 Å². The Hall–Kier alpha value is -2.36. The third-order valence-corrected chi connectivity index (χ3v) is 8.28. The molecule has 6 rings (SSSR count). The zero-order valence-electron chi connectivity index (χ0n) is 30.3. The summed E-state index contributed by atoms with van der Waals surface area (Å²) in [6.07, 6.45) is 3.74. The first-order valence-electron chi connectivity index (χ1n) is 15.7. The van der Waals surface area contributed by atoms with Gasteiger partial charge in [-0.1, -0.05) is 90.8 Å². The summed E-state index contributed by atoms with van der Waals surface area (Å²) < 4.78 is 0. The molecule has 0 unspecified atom stereocenters. The van der Waals surface area contributed by atoms with Gasteiger partial charge in [-0.3, -0.25) is 9.97 Å². The standard InChI is InChI=1S/2C20H22N.2CH3.2ClH.Si.Zr/c2*1-13(2)15-9-17-10-16(14(3)4)12-19(18(17)11-15)20-7-5-6-8-21-20;;;;;;/h2*5-14H,1-4H3;2*1H3;2*1H;;/q4*-1;;;;. The molecule has 0 aliphatic carbocycles. The molecule has 4 aromatic carbocycles. The topological polar surface area (TPSA) is 25.8 Å². The van der Waals surface area contributed by atoms with E-state index in [1.54, 1.807) is 0 Å². The maximum absolute atomic E-state index is 4.55. The normalized spacial score (nSPS) is 10.3. The Morgan fingerprint density at radius 2 is 0.875 bits per heavy atom. The van der Waals surface area contributed by atoms with Crippen LogP contribution in [0, 0.1) is 14.9 Å². The van der Waals surface area contributed by atoms with E-state index in [2.05, 4.69) is 145 Å². The minimum absolute atomic E-state index is 0. The second-order valence-electron chi connectivity index (χ2n) is 12.8. The Labute approximate surface area is 320 Å². The van der Waals surface area contributed by atoms with Crippen LogP contribution in [0.1, 0.15) is 101 Å². The quantitative estimate of drug-likeness (QED) is 0.124. The number of pyridine rings is 2. The van der Waals surface area contributed by atoms with E-state index in [0.717, 1.165) is 11.4 Å². The summed E-state index contributed by atoms with van der Waals surface area (Å²) in [7, 11) is 0. The van der Waals surface area contributed by atoms with Gasteiger partial charge in [-0.15, -0.1) is 81.8 Å². The predicted molar refractivity (Wildman–Crippen MR) is 215 cm³/mol. The minimum atomic E-state index is 0. The Morgan fingerprint density at radius 1 is 0.521 bits per heavy atom. The molecular weight excluding hydrogens is 723 g/mol. The summed E-state index contributed by atoms with van der Waals surface area (Å²) >= 11 is 1.36. The molecule has 0 bridgehead atoms. The van der Waals surface area contributed by atoms with Crippen molar-refractivity contribution in [1.82, 2.24) is 9.97 Å². The van der Waals surface area contributed by atoms with E-state index >= 15 is 0 Å². The van der Waals surface area contributed by atoms with E-state index in [9.17, 15) is 0 Å².